The number of hydrogen-bond donors (Lipinski definition) is 2. The highest BCUT2D eigenvalue weighted by molar-refractivity contribution is 7.91. The fraction of sp³-hybridized carbons (Fsp3) is 0.900. The second-order valence-electron chi connectivity index (χ2n) is 4.50. The molecule has 1 fully saturated rings. The molecule has 5 nitrogen and oxygen atoms in total. The Kier molecular flexibility index (Phi) is 4.32. The third-order valence-electron chi connectivity index (χ3n) is 3.05. The third-order valence-corrected chi connectivity index (χ3v) is 4.70. The lowest BCUT2D eigenvalue weighted by Crippen LogP contribution is -2.53. The van der Waals surface area contributed by atoms with Crippen LogP contribution in [-0.4, -0.2) is 37.9 Å². The van der Waals surface area contributed by atoms with E-state index in [4.69, 9.17) is 5.73 Å². The van der Waals surface area contributed by atoms with Gasteiger partial charge in [0.1, 0.15) is 9.84 Å². The zero-order chi connectivity index (χ0) is 12.2. The number of primary amides is 1. The van der Waals surface area contributed by atoms with Gasteiger partial charge in [-0.2, -0.15) is 0 Å². The molecular weight excluding hydrogens is 228 g/mol. The lowest BCUT2D eigenvalue weighted by atomic mass is 9.88. The van der Waals surface area contributed by atoms with E-state index in [0.29, 0.717) is 12.8 Å². The van der Waals surface area contributed by atoms with Crippen LogP contribution in [-0.2, 0) is 14.6 Å². The number of sulfone groups is 1. The Bertz CT molecular complexity index is 337. The van der Waals surface area contributed by atoms with Crippen LogP contribution in [0.5, 0.6) is 0 Å². The predicted molar refractivity (Wildman–Crippen MR) is 62.7 cm³/mol. The van der Waals surface area contributed by atoms with Crippen molar-refractivity contribution in [3.8, 4) is 0 Å². The molecule has 0 aromatic heterocycles. The van der Waals surface area contributed by atoms with Crippen LogP contribution in [0.3, 0.4) is 0 Å². The Balaban J connectivity index is 2.69. The van der Waals surface area contributed by atoms with Crippen molar-refractivity contribution in [3.63, 3.8) is 0 Å². The fourth-order valence-electron chi connectivity index (χ4n) is 2.07. The van der Waals surface area contributed by atoms with Crippen molar-refractivity contribution in [2.24, 2.45) is 5.73 Å². The Labute approximate surface area is 96.7 Å². The number of hydrogen-bond acceptors (Lipinski definition) is 4. The second kappa shape index (κ2) is 5.14. The first kappa shape index (κ1) is 13.4. The summed E-state index contributed by atoms with van der Waals surface area (Å²) in [7, 11) is -2.91. The van der Waals surface area contributed by atoms with Gasteiger partial charge in [0.25, 0.3) is 0 Å². The zero-order valence-corrected chi connectivity index (χ0v) is 10.5. The van der Waals surface area contributed by atoms with E-state index in [1.807, 2.05) is 6.92 Å². The molecule has 1 amide bonds. The van der Waals surface area contributed by atoms with Gasteiger partial charge >= 0.3 is 0 Å². The van der Waals surface area contributed by atoms with E-state index in [1.54, 1.807) is 0 Å². The molecule has 94 valence electrons. The summed E-state index contributed by atoms with van der Waals surface area (Å²) in [4.78, 5) is 11.0. The van der Waals surface area contributed by atoms with Crippen molar-refractivity contribution in [2.45, 2.75) is 38.1 Å². The molecule has 0 aliphatic carbocycles. The summed E-state index contributed by atoms with van der Waals surface area (Å²) in [5.74, 6) is -0.0727. The van der Waals surface area contributed by atoms with Crippen LogP contribution >= 0.6 is 0 Å². The van der Waals surface area contributed by atoms with Gasteiger partial charge in [-0.25, -0.2) is 8.42 Å². The van der Waals surface area contributed by atoms with Gasteiger partial charge in [0.15, 0.2) is 0 Å². The number of nitrogens with two attached hydrogens (primary N) is 1. The maximum Gasteiger partial charge on any atom is 0.219 e. The average Bonchev–Trinajstić information content (AvgIpc) is 2.19. The highest BCUT2D eigenvalue weighted by Gasteiger charge is 2.37. The monoisotopic (exact) mass is 248 g/mol. The van der Waals surface area contributed by atoms with Crippen molar-refractivity contribution in [1.82, 2.24) is 5.32 Å². The maximum absolute atomic E-state index is 11.4. The normalized spacial score (nSPS) is 22.8. The van der Waals surface area contributed by atoms with Gasteiger partial charge in [-0.05, 0) is 25.8 Å². The molecule has 0 aromatic rings. The van der Waals surface area contributed by atoms with E-state index in [-0.39, 0.29) is 23.8 Å². The zero-order valence-electron chi connectivity index (χ0n) is 9.66. The molecule has 1 saturated heterocycles. The van der Waals surface area contributed by atoms with Gasteiger partial charge in [-0.3, -0.25) is 4.79 Å². The molecule has 0 unspecified atom stereocenters. The topological polar surface area (TPSA) is 89.3 Å². The van der Waals surface area contributed by atoms with Crippen LogP contribution in [0.1, 0.15) is 32.6 Å². The van der Waals surface area contributed by atoms with Crippen LogP contribution in [0.4, 0.5) is 0 Å². The SMILES string of the molecule is CCCNC1(CC(N)=O)CCS(=O)(=O)CC1. The lowest BCUT2D eigenvalue weighted by Gasteiger charge is -2.37. The van der Waals surface area contributed by atoms with Crippen LogP contribution in [0.2, 0.25) is 0 Å². The Hall–Kier alpha value is -0.620. The molecule has 6 heteroatoms. The minimum absolute atomic E-state index is 0.150. The molecule has 1 heterocycles. The van der Waals surface area contributed by atoms with Crippen molar-refractivity contribution in [3.05, 3.63) is 0 Å². The fourth-order valence-corrected chi connectivity index (χ4v) is 3.68. The highest BCUT2D eigenvalue weighted by atomic mass is 32.2. The Morgan fingerprint density at radius 1 is 1.38 bits per heavy atom. The molecule has 1 aliphatic heterocycles. The third kappa shape index (κ3) is 3.75. The number of rotatable bonds is 5. The van der Waals surface area contributed by atoms with Crippen LogP contribution < -0.4 is 11.1 Å². The number of amides is 1. The first-order valence-electron chi connectivity index (χ1n) is 5.63. The summed E-state index contributed by atoms with van der Waals surface area (Å²) in [5, 5.41) is 3.29. The van der Waals surface area contributed by atoms with Gasteiger partial charge in [-0.15, -0.1) is 0 Å². The summed E-state index contributed by atoms with van der Waals surface area (Å²) in [5.41, 5.74) is 4.82. The number of carbonyl (C=O) groups is 1. The molecular formula is C10H20N2O3S. The highest BCUT2D eigenvalue weighted by Crippen LogP contribution is 2.26. The van der Waals surface area contributed by atoms with E-state index in [9.17, 15) is 13.2 Å². The van der Waals surface area contributed by atoms with Gasteiger partial charge in [-0.1, -0.05) is 6.92 Å². The molecule has 1 rings (SSSR count). The summed E-state index contributed by atoms with van der Waals surface area (Å²) in [6, 6.07) is 0. The summed E-state index contributed by atoms with van der Waals surface area (Å²) in [6.07, 6.45) is 2.15. The van der Waals surface area contributed by atoms with E-state index >= 15 is 0 Å². The molecule has 0 spiro atoms. The molecule has 0 atom stereocenters. The van der Waals surface area contributed by atoms with Gasteiger partial charge in [0.2, 0.25) is 5.91 Å². The largest absolute Gasteiger partial charge is 0.370 e. The van der Waals surface area contributed by atoms with Crippen LogP contribution in [0.15, 0.2) is 0 Å². The van der Waals surface area contributed by atoms with Crippen molar-refractivity contribution in [2.75, 3.05) is 18.1 Å². The molecule has 3 N–H and O–H groups in total. The lowest BCUT2D eigenvalue weighted by molar-refractivity contribution is -0.119. The minimum atomic E-state index is -2.91. The average molecular weight is 248 g/mol. The summed E-state index contributed by atoms with van der Waals surface area (Å²) >= 11 is 0. The number of carbonyl (C=O) groups excluding carboxylic acids is 1. The van der Waals surface area contributed by atoms with Gasteiger partial charge < -0.3 is 11.1 Å². The predicted octanol–water partition coefficient (Wildman–Crippen LogP) is -0.191. The standard InChI is InChI=1S/C10H20N2O3S/c1-2-5-12-10(8-9(11)13)3-6-16(14,15)7-4-10/h12H,2-8H2,1H3,(H2,11,13). The van der Waals surface area contributed by atoms with Crippen LogP contribution in [0.25, 0.3) is 0 Å². The second-order valence-corrected chi connectivity index (χ2v) is 6.81. The molecule has 1 aliphatic rings. The van der Waals surface area contributed by atoms with E-state index in [0.717, 1.165) is 13.0 Å². The smallest absolute Gasteiger partial charge is 0.219 e. The van der Waals surface area contributed by atoms with E-state index in [2.05, 4.69) is 5.32 Å². The summed E-state index contributed by atoms with van der Waals surface area (Å²) < 4.78 is 22.7. The molecule has 16 heavy (non-hydrogen) atoms. The molecule has 0 radical (unpaired) electrons. The van der Waals surface area contributed by atoms with Gasteiger partial charge in [0.05, 0.1) is 11.5 Å². The van der Waals surface area contributed by atoms with Gasteiger partial charge in [0, 0.05) is 12.0 Å². The minimum Gasteiger partial charge on any atom is -0.370 e. The van der Waals surface area contributed by atoms with Crippen molar-refractivity contribution in [1.29, 1.82) is 0 Å². The maximum atomic E-state index is 11.4. The molecule has 0 aromatic carbocycles. The van der Waals surface area contributed by atoms with Crippen LogP contribution in [0, 0.1) is 0 Å². The van der Waals surface area contributed by atoms with E-state index in [1.165, 1.54) is 0 Å². The van der Waals surface area contributed by atoms with Crippen molar-refractivity contribution < 1.29 is 13.2 Å². The quantitative estimate of drug-likeness (QED) is 0.705. The van der Waals surface area contributed by atoms with E-state index < -0.39 is 15.4 Å². The summed E-state index contributed by atoms with van der Waals surface area (Å²) in [6.45, 7) is 2.82. The molecule has 0 saturated carbocycles. The Morgan fingerprint density at radius 3 is 2.38 bits per heavy atom. The Morgan fingerprint density at radius 2 is 1.94 bits per heavy atom. The first-order valence-corrected chi connectivity index (χ1v) is 7.45. The molecule has 0 bridgehead atoms. The first-order chi connectivity index (χ1) is 7.39. The number of nitrogens with one attached hydrogen (secondary N) is 1. The van der Waals surface area contributed by atoms with Crippen molar-refractivity contribution >= 4 is 15.7 Å².